The van der Waals surface area contributed by atoms with Gasteiger partial charge in [-0.2, -0.15) is 5.10 Å². The fourth-order valence-corrected chi connectivity index (χ4v) is 1.85. The minimum atomic E-state index is -0.509. The summed E-state index contributed by atoms with van der Waals surface area (Å²) in [6, 6.07) is 0. The van der Waals surface area contributed by atoms with Crippen LogP contribution in [0.1, 0.15) is 13.3 Å². The zero-order valence-corrected chi connectivity index (χ0v) is 9.86. The van der Waals surface area contributed by atoms with Crippen LogP contribution in [-0.4, -0.2) is 28.5 Å². The van der Waals surface area contributed by atoms with E-state index in [0.717, 1.165) is 4.47 Å². The highest BCUT2D eigenvalue weighted by Gasteiger charge is 2.29. The van der Waals surface area contributed by atoms with Crippen molar-refractivity contribution in [2.24, 2.45) is 0 Å². The Bertz CT molecular complexity index is 377. The molecule has 15 heavy (non-hydrogen) atoms. The Morgan fingerprint density at radius 1 is 1.87 bits per heavy atom. The first-order valence-electron chi connectivity index (χ1n) is 4.77. The Labute approximate surface area is 95.5 Å². The molecule has 0 spiro atoms. The van der Waals surface area contributed by atoms with Gasteiger partial charge in [-0.05, 0) is 22.9 Å². The van der Waals surface area contributed by atoms with E-state index in [4.69, 9.17) is 9.47 Å². The van der Waals surface area contributed by atoms with Gasteiger partial charge in [0.15, 0.2) is 6.10 Å². The van der Waals surface area contributed by atoms with Crippen molar-refractivity contribution in [2.75, 3.05) is 6.61 Å². The monoisotopic (exact) mass is 274 g/mol. The number of aromatic nitrogens is 2. The summed E-state index contributed by atoms with van der Waals surface area (Å²) >= 11 is 3.31. The quantitative estimate of drug-likeness (QED) is 0.765. The third kappa shape index (κ3) is 1.99. The average molecular weight is 275 g/mol. The second-order valence-electron chi connectivity index (χ2n) is 3.17. The molecular weight excluding hydrogens is 264 g/mol. The van der Waals surface area contributed by atoms with Crippen molar-refractivity contribution in [3.63, 3.8) is 0 Å². The number of fused-ring (bicyclic) bond motifs is 1. The standard InChI is InChI=1S/C9H11BrN2O3/c1-2-14-9(13)7-3-4-12-8(15-7)6(10)5-11-12/h5,7H,2-4H2,1H3. The third-order valence-electron chi connectivity index (χ3n) is 2.16. The number of hydrogen-bond acceptors (Lipinski definition) is 4. The van der Waals surface area contributed by atoms with E-state index in [9.17, 15) is 4.79 Å². The van der Waals surface area contributed by atoms with Crippen molar-refractivity contribution in [3.05, 3.63) is 10.7 Å². The topological polar surface area (TPSA) is 53.4 Å². The molecule has 0 aromatic carbocycles. The maximum absolute atomic E-state index is 11.4. The van der Waals surface area contributed by atoms with Gasteiger partial charge in [0.25, 0.3) is 0 Å². The summed E-state index contributed by atoms with van der Waals surface area (Å²) in [4.78, 5) is 11.4. The number of carbonyl (C=O) groups is 1. The van der Waals surface area contributed by atoms with Gasteiger partial charge >= 0.3 is 5.97 Å². The Hall–Kier alpha value is -1.04. The van der Waals surface area contributed by atoms with Gasteiger partial charge in [0.05, 0.1) is 17.3 Å². The Balaban J connectivity index is 2.11. The molecule has 1 aromatic heterocycles. The first kappa shape index (κ1) is 10.5. The maximum Gasteiger partial charge on any atom is 0.347 e. The molecule has 1 aliphatic heterocycles. The molecule has 1 unspecified atom stereocenters. The highest BCUT2D eigenvalue weighted by Crippen LogP contribution is 2.29. The Morgan fingerprint density at radius 2 is 2.67 bits per heavy atom. The second kappa shape index (κ2) is 4.22. The van der Waals surface area contributed by atoms with Crippen LogP contribution in [0.4, 0.5) is 0 Å². The predicted molar refractivity (Wildman–Crippen MR) is 55.6 cm³/mol. The van der Waals surface area contributed by atoms with E-state index in [2.05, 4.69) is 21.0 Å². The van der Waals surface area contributed by atoms with Gasteiger partial charge in [-0.25, -0.2) is 9.48 Å². The normalized spacial score (nSPS) is 19.2. The van der Waals surface area contributed by atoms with Crippen molar-refractivity contribution in [3.8, 4) is 5.88 Å². The van der Waals surface area contributed by atoms with Crippen LogP contribution in [0.3, 0.4) is 0 Å². The van der Waals surface area contributed by atoms with E-state index >= 15 is 0 Å². The van der Waals surface area contributed by atoms with Crippen LogP contribution in [0.5, 0.6) is 5.88 Å². The SMILES string of the molecule is CCOC(=O)C1CCn2ncc(Br)c2O1. The van der Waals surface area contributed by atoms with Gasteiger partial charge in [0, 0.05) is 13.0 Å². The maximum atomic E-state index is 11.4. The first-order valence-corrected chi connectivity index (χ1v) is 5.56. The van der Waals surface area contributed by atoms with Crippen LogP contribution in [0.25, 0.3) is 0 Å². The number of carbonyl (C=O) groups excluding carboxylic acids is 1. The average Bonchev–Trinajstić information content (AvgIpc) is 2.60. The van der Waals surface area contributed by atoms with Gasteiger partial charge in [0.2, 0.25) is 5.88 Å². The molecule has 2 heterocycles. The Kier molecular flexibility index (Phi) is 2.95. The van der Waals surface area contributed by atoms with Gasteiger partial charge in [-0.1, -0.05) is 0 Å². The number of rotatable bonds is 2. The fourth-order valence-electron chi connectivity index (χ4n) is 1.46. The molecule has 0 N–H and O–H groups in total. The fraction of sp³-hybridized carbons (Fsp3) is 0.556. The van der Waals surface area contributed by atoms with E-state index in [1.807, 2.05) is 0 Å². The van der Waals surface area contributed by atoms with Gasteiger partial charge < -0.3 is 9.47 Å². The molecule has 5 nitrogen and oxygen atoms in total. The minimum Gasteiger partial charge on any atom is -0.463 e. The first-order chi connectivity index (χ1) is 7.22. The van der Waals surface area contributed by atoms with E-state index in [1.54, 1.807) is 17.8 Å². The third-order valence-corrected chi connectivity index (χ3v) is 2.70. The predicted octanol–water partition coefficient (Wildman–Crippen LogP) is 1.36. The number of halogens is 1. The molecule has 0 amide bonds. The summed E-state index contributed by atoms with van der Waals surface area (Å²) in [6.45, 7) is 2.82. The minimum absolute atomic E-state index is 0.308. The molecule has 2 rings (SSSR count). The van der Waals surface area contributed by atoms with Crippen LogP contribution in [0.2, 0.25) is 0 Å². The van der Waals surface area contributed by atoms with Gasteiger partial charge in [-0.15, -0.1) is 0 Å². The molecular formula is C9H11BrN2O3. The molecule has 1 atom stereocenters. The van der Waals surface area contributed by atoms with Crippen LogP contribution in [-0.2, 0) is 16.1 Å². The molecule has 6 heteroatoms. The molecule has 0 radical (unpaired) electrons. The van der Waals surface area contributed by atoms with Gasteiger partial charge in [-0.3, -0.25) is 0 Å². The zero-order valence-electron chi connectivity index (χ0n) is 8.27. The molecule has 0 saturated heterocycles. The smallest absolute Gasteiger partial charge is 0.347 e. The Morgan fingerprint density at radius 3 is 3.40 bits per heavy atom. The summed E-state index contributed by atoms with van der Waals surface area (Å²) in [6.07, 6.45) is 1.74. The second-order valence-corrected chi connectivity index (χ2v) is 4.02. The van der Waals surface area contributed by atoms with Crippen LogP contribution >= 0.6 is 15.9 Å². The molecule has 1 aliphatic rings. The van der Waals surface area contributed by atoms with E-state index in [1.165, 1.54) is 0 Å². The van der Waals surface area contributed by atoms with Crippen molar-refractivity contribution >= 4 is 21.9 Å². The summed E-state index contributed by atoms with van der Waals surface area (Å²) in [5, 5.41) is 4.09. The highest BCUT2D eigenvalue weighted by molar-refractivity contribution is 9.10. The number of ether oxygens (including phenoxy) is 2. The van der Waals surface area contributed by atoms with Crippen molar-refractivity contribution in [2.45, 2.75) is 26.0 Å². The lowest BCUT2D eigenvalue weighted by Gasteiger charge is -2.23. The number of aryl methyl sites for hydroxylation is 1. The number of esters is 1. The van der Waals surface area contributed by atoms with E-state index in [0.29, 0.717) is 25.5 Å². The van der Waals surface area contributed by atoms with E-state index < -0.39 is 6.10 Å². The summed E-state index contributed by atoms with van der Waals surface area (Å²) < 4.78 is 12.9. The summed E-state index contributed by atoms with van der Waals surface area (Å²) in [5.41, 5.74) is 0. The molecule has 82 valence electrons. The molecule has 0 aliphatic carbocycles. The van der Waals surface area contributed by atoms with Crippen LogP contribution < -0.4 is 4.74 Å². The molecule has 0 fully saturated rings. The lowest BCUT2D eigenvalue weighted by atomic mass is 10.2. The highest BCUT2D eigenvalue weighted by atomic mass is 79.9. The van der Waals surface area contributed by atoms with E-state index in [-0.39, 0.29) is 5.97 Å². The zero-order chi connectivity index (χ0) is 10.8. The molecule has 0 bridgehead atoms. The van der Waals surface area contributed by atoms with Gasteiger partial charge in [0.1, 0.15) is 0 Å². The van der Waals surface area contributed by atoms with Crippen molar-refractivity contribution in [1.29, 1.82) is 0 Å². The van der Waals surface area contributed by atoms with Crippen LogP contribution in [0.15, 0.2) is 10.7 Å². The number of nitrogens with zero attached hydrogens (tertiary/aromatic N) is 2. The van der Waals surface area contributed by atoms with Crippen molar-refractivity contribution in [1.82, 2.24) is 9.78 Å². The summed E-state index contributed by atoms with van der Waals surface area (Å²) in [7, 11) is 0. The lowest BCUT2D eigenvalue weighted by molar-refractivity contribution is -0.153. The lowest BCUT2D eigenvalue weighted by Crippen LogP contribution is -2.34. The van der Waals surface area contributed by atoms with Crippen LogP contribution in [0, 0.1) is 0 Å². The number of hydrogen-bond donors (Lipinski definition) is 0. The largest absolute Gasteiger partial charge is 0.463 e. The molecule has 0 saturated carbocycles. The summed E-state index contributed by atoms with van der Waals surface area (Å²) in [5.74, 6) is 0.288. The molecule has 1 aromatic rings. The van der Waals surface area contributed by atoms with Crippen molar-refractivity contribution < 1.29 is 14.3 Å².